The summed E-state index contributed by atoms with van der Waals surface area (Å²) in [4.78, 5) is 24.2. The van der Waals surface area contributed by atoms with Crippen LogP contribution in [0, 0.1) is 0 Å². The van der Waals surface area contributed by atoms with Crippen molar-refractivity contribution in [3.63, 3.8) is 0 Å². The summed E-state index contributed by atoms with van der Waals surface area (Å²) >= 11 is 1.61. The summed E-state index contributed by atoms with van der Waals surface area (Å²) in [6.45, 7) is 0.00504. The normalized spacial score (nSPS) is 30.4. The van der Waals surface area contributed by atoms with Gasteiger partial charge in [0.1, 0.15) is 47.1 Å². The number of nitrogen functional groups attached to an aromatic ring is 1. The molecule has 0 amide bonds. The largest absolute Gasteiger partial charge is 0.386 e. The second-order valence-electron chi connectivity index (χ2n) is 4.22. The van der Waals surface area contributed by atoms with E-state index in [0.29, 0.717) is 0 Å². The highest BCUT2D eigenvalue weighted by Gasteiger charge is 2.46. The SMILES string of the molecule is Nc1ccn([C@@H]2O[C@H](COI)[C@@H](O[PH](=O)O)[C@H]2O)c(=O)n1. The smallest absolute Gasteiger partial charge is 0.351 e. The maximum absolute atomic E-state index is 11.8. The second-order valence-corrected chi connectivity index (χ2v) is 5.61. The summed E-state index contributed by atoms with van der Waals surface area (Å²) in [6, 6.07) is 1.37. The van der Waals surface area contributed by atoms with Gasteiger partial charge in [-0.1, -0.05) is 0 Å². The van der Waals surface area contributed by atoms with E-state index in [1.807, 2.05) is 0 Å². The van der Waals surface area contributed by atoms with E-state index in [4.69, 9.17) is 23.0 Å². The van der Waals surface area contributed by atoms with Crippen molar-refractivity contribution in [3.05, 3.63) is 22.7 Å². The van der Waals surface area contributed by atoms with Gasteiger partial charge in [-0.05, 0) is 6.07 Å². The van der Waals surface area contributed by atoms with Crippen LogP contribution in [0.25, 0.3) is 0 Å². The van der Waals surface area contributed by atoms with Crippen molar-refractivity contribution in [3.8, 4) is 0 Å². The fourth-order valence-corrected chi connectivity index (χ4v) is 2.91. The molecule has 1 aliphatic heterocycles. The molecule has 2 rings (SSSR count). The van der Waals surface area contributed by atoms with Gasteiger partial charge in [-0.15, -0.1) is 0 Å². The molecule has 1 saturated heterocycles. The third-order valence-electron chi connectivity index (χ3n) is 2.90. The van der Waals surface area contributed by atoms with Crippen LogP contribution < -0.4 is 11.4 Å². The Morgan fingerprint density at radius 3 is 2.90 bits per heavy atom. The van der Waals surface area contributed by atoms with Gasteiger partial charge in [0, 0.05) is 6.20 Å². The lowest BCUT2D eigenvalue weighted by Crippen LogP contribution is -2.36. The lowest BCUT2D eigenvalue weighted by molar-refractivity contribution is -0.0473. The molecule has 1 unspecified atom stereocenters. The van der Waals surface area contributed by atoms with E-state index in [0.717, 1.165) is 4.57 Å². The van der Waals surface area contributed by atoms with E-state index in [9.17, 15) is 14.5 Å². The third kappa shape index (κ3) is 3.80. The van der Waals surface area contributed by atoms with Gasteiger partial charge in [-0.2, -0.15) is 4.98 Å². The highest BCUT2D eigenvalue weighted by molar-refractivity contribution is 14.1. The molecule has 1 aromatic rings. The molecule has 0 spiro atoms. The van der Waals surface area contributed by atoms with Gasteiger partial charge in [0.05, 0.1) is 6.61 Å². The van der Waals surface area contributed by atoms with E-state index in [1.165, 1.54) is 12.3 Å². The number of aromatic nitrogens is 2. The fourth-order valence-electron chi connectivity index (χ4n) is 2.03. The maximum Gasteiger partial charge on any atom is 0.351 e. The Labute approximate surface area is 133 Å². The molecule has 0 saturated carbocycles. The molecule has 12 heteroatoms. The molecular weight excluding hydrogens is 420 g/mol. The molecule has 1 aromatic heterocycles. The van der Waals surface area contributed by atoms with Crippen molar-refractivity contribution < 1.29 is 26.9 Å². The molecule has 1 fully saturated rings. The van der Waals surface area contributed by atoms with Crippen LogP contribution >= 0.6 is 31.3 Å². The first kappa shape index (κ1) is 16.8. The second kappa shape index (κ2) is 7.13. The van der Waals surface area contributed by atoms with Gasteiger partial charge in [-0.3, -0.25) is 9.13 Å². The molecule has 0 aliphatic carbocycles. The Bertz CT molecular complexity index is 585. The molecule has 118 valence electrons. The van der Waals surface area contributed by atoms with Gasteiger partial charge in [0.25, 0.3) is 0 Å². The minimum Gasteiger partial charge on any atom is -0.386 e. The van der Waals surface area contributed by atoms with Crippen LogP contribution in [0.4, 0.5) is 5.82 Å². The number of aliphatic hydroxyl groups excluding tert-OH is 1. The van der Waals surface area contributed by atoms with E-state index in [2.05, 4.69) is 4.98 Å². The van der Waals surface area contributed by atoms with Gasteiger partial charge in [0.2, 0.25) is 0 Å². The predicted octanol–water partition coefficient (Wildman–Crippen LogP) is -0.782. The summed E-state index contributed by atoms with van der Waals surface area (Å²) in [5.41, 5.74) is 4.67. The van der Waals surface area contributed by atoms with Crippen molar-refractivity contribution in [2.24, 2.45) is 0 Å². The Morgan fingerprint density at radius 2 is 2.33 bits per heavy atom. The van der Waals surface area contributed by atoms with Crippen LogP contribution in [-0.2, 0) is 16.9 Å². The van der Waals surface area contributed by atoms with Crippen molar-refractivity contribution in [1.82, 2.24) is 9.55 Å². The third-order valence-corrected chi connectivity index (χ3v) is 3.73. The number of halogens is 1. The number of nitrogens with zero attached hydrogens (tertiary/aromatic N) is 2. The lowest BCUT2D eigenvalue weighted by Gasteiger charge is -2.18. The number of anilines is 1. The van der Waals surface area contributed by atoms with Crippen LogP contribution in [0.15, 0.2) is 17.1 Å². The van der Waals surface area contributed by atoms with Crippen LogP contribution in [0.1, 0.15) is 6.23 Å². The summed E-state index contributed by atoms with van der Waals surface area (Å²) in [5, 5.41) is 10.2. The standard InChI is InChI=1S/C9H13IN3O7P/c10-18-3-4-7(20-21(16)17)6(14)8(19-4)13-2-1-5(11)12-9(13)15/h1-2,4,6-8,14,21H,3H2,(H,16,17)(H2,11,12,15)/t4-,6-,7-,8-/m1/s1. The first-order valence-electron chi connectivity index (χ1n) is 5.75. The number of hydrogen-bond acceptors (Lipinski definition) is 8. The molecule has 0 aromatic carbocycles. The zero-order chi connectivity index (χ0) is 15.6. The average Bonchev–Trinajstić information content (AvgIpc) is 2.68. The zero-order valence-electron chi connectivity index (χ0n) is 10.5. The molecule has 2 heterocycles. The number of aliphatic hydroxyl groups is 1. The summed E-state index contributed by atoms with van der Waals surface area (Å²) in [5.74, 6) is 0.0316. The fraction of sp³-hybridized carbons (Fsp3) is 0.556. The van der Waals surface area contributed by atoms with Gasteiger partial charge >= 0.3 is 13.9 Å². The van der Waals surface area contributed by atoms with Crippen LogP contribution in [0.3, 0.4) is 0 Å². The number of hydrogen-bond donors (Lipinski definition) is 3. The van der Waals surface area contributed by atoms with Crippen LogP contribution in [0.5, 0.6) is 0 Å². The molecule has 0 radical (unpaired) electrons. The van der Waals surface area contributed by atoms with Gasteiger partial charge in [0.15, 0.2) is 6.23 Å². The van der Waals surface area contributed by atoms with E-state index >= 15 is 0 Å². The minimum absolute atomic E-state index is 0.00504. The van der Waals surface area contributed by atoms with Crippen molar-refractivity contribution >= 4 is 37.1 Å². The Hall–Kier alpha value is -0.560. The maximum atomic E-state index is 11.8. The topological polar surface area (TPSA) is 146 Å². The van der Waals surface area contributed by atoms with Crippen molar-refractivity contribution in [1.29, 1.82) is 0 Å². The van der Waals surface area contributed by atoms with Crippen LogP contribution in [0.2, 0.25) is 0 Å². The molecule has 1 aliphatic rings. The molecular formula is C9H13IN3O7P. The minimum atomic E-state index is -3.29. The summed E-state index contributed by atoms with van der Waals surface area (Å²) in [6.07, 6.45) is -3.07. The lowest BCUT2D eigenvalue weighted by atomic mass is 10.1. The van der Waals surface area contributed by atoms with E-state index in [1.54, 1.807) is 23.0 Å². The molecule has 4 N–H and O–H groups in total. The summed E-state index contributed by atoms with van der Waals surface area (Å²) < 4.78 is 27.0. The first-order valence-corrected chi connectivity index (χ1v) is 7.89. The zero-order valence-corrected chi connectivity index (χ0v) is 13.6. The van der Waals surface area contributed by atoms with Gasteiger partial charge in [-0.25, -0.2) is 4.79 Å². The Balaban J connectivity index is 2.28. The number of ether oxygens (including phenoxy) is 1. The molecule has 10 nitrogen and oxygen atoms in total. The molecule has 0 bridgehead atoms. The van der Waals surface area contributed by atoms with Crippen molar-refractivity contribution in [2.45, 2.75) is 24.5 Å². The monoisotopic (exact) mass is 433 g/mol. The number of rotatable bonds is 5. The Morgan fingerprint density at radius 1 is 1.62 bits per heavy atom. The first-order chi connectivity index (χ1) is 9.93. The molecule has 5 atom stereocenters. The van der Waals surface area contributed by atoms with Gasteiger partial charge < -0.3 is 28.1 Å². The van der Waals surface area contributed by atoms with E-state index in [-0.39, 0.29) is 12.4 Å². The predicted molar refractivity (Wildman–Crippen MR) is 78.9 cm³/mol. The average molecular weight is 433 g/mol. The van der Waals surface area contributed by atoms with E-state index < -0.39 is 38.5 Å². The van der Waals surface area contributed by atoms with Crippen LogP contribution in [-0.4, -0.2) is 44.5 Å². The Kier molecular flexibility index (Phi) is 5.71. The number of nitrogens with two attached hydrogens (primary N) is 1. The highest BCUT2D eigenvalue weighted by Crippen LogP contribution is 2.35. The molecule has 21 heavy (non-hydrogen) atoms. The quantitative estimate of drug-likeness (QED) is 0.402. The van der Waals surface area contributed by atoms with Crippen molar-refractivity contribution in [2.75, 3.05) is 12.3 Å². The summed E-state index contributed by atoms with van der Waals surface area (Å²) in [7, 11) is -3.29. The highest BCUT2D eigenvalue weighted by atomic mass is 127.